The lowest BCUT2D eigenvalue weighted by Crippen LogP contribution is -2.53. The Hall–Kier alpha value is -4.88. The van der Waals surface area contributed by atoms with Crippen LogP contribution in [0.15, 0.2) is 42.6 Å². The van der Waals surface area contributed by atoms with Gasteiger partial charge in [0.2, 0.25) is 11.8 Å². The van der Waals surface area contributed by atoms with Crippen molar-refractivity contribution in [3.63, 3.8) is 0 Å². The van der Waals surface area contributed by atoms with Crippen molar-refractivity contribution in [1.29, 1.82) is 0 Å². The van der Waals surface area contributed by atoms with E-state index >= 15 is 0 Å². The molecule has 0 saturated heterocycles. The van der Waals surface area contributed by atoms with Crippen molar-refractivity contribution < 1.29 is 52.8 Å². The van der Waals surface area contributed by atoms with E-state index in [2.05, 4.69) is 10.3 Å². The molecule has 1 heterocycles. The minimum Gasteiger partial charge on any atom is -0.491 e. The molecule has 1 aliphatic carbocycles. The number of fused-ring (bicyclic) bond motifs is 1. The topological polar surface area (TPSA) is 281 Å². The van der Waals surface area contributed by atoms with Crippen LogP contribution in [-0.4, -0.2) is 110 Å². The average molecular weight is 935 g/mol. The summed E-state index contributed by atoms with van der Waals surface area (Å²) in [5, 5.41) is 16.0. The molecule has 2 aromatic carbocycles. The number of benzene rings is 2. The van der Waals surface area contributed by atoms with E-state index in [0.717, 1.165) is 19.3 Å². The highest BCUT2D eigenvalue weighted by Gasteiger charge is 2.42. The molecule has 0 spiro atoms. The van der Waals surface area contributed by atoms with E-state index in [0.29, 0.717) is 74.6 Å². The Morgan fingerprint density at radius 3 is 2.07 bits per heavy atom. The van der Waals surface area contributed by atoms with Crippen LogP contribution in [-0.2, 0) is 35.1 Å². The van der Waals surface area contributed by atoms with Crippen molar-refractivity contribution in [3.8, 4) is 17.2 Å². The van der Waals surface area contributed by atoms with Gasteiger partial charge in [-0.2, -0.15) is 0 Å². The highest BCUT2D eigenvalue weighted by molar-refractivity contribution is 6.10. The molecule has 4 unspecified atom stereocenters. The lowest BCUT2D eigenvalue weighted by atomic mass is 9.70. The third kappa shape index (κ3) is 15.3. The number of hydrogen-bond donors (Lipinski definition) is 6. The van der Waals surface area contributed by atoms with Crippen molar-refractivity contribution in [2.45, 2.75) is 117 Å². The number of aromatic nitrogens is 1. The molecule has 17 heteroatoms. The Morgan fingerprint density at radius 2 is 1.48 bits per heavy atom. The van der Waals surface area contributed by atoms with Crippen molar-refractivity contribution in [3.05, 3.63) is 59.4 Å². The third-order valence-electron chi connectivity index (χ3n) is 12.8. The number of primary amides is 1. The molecule has 1 fully saturated rings. The summed E-state index contributed by atoms with van der Waals surface area (Å²) < 4.78 is 28.9. The number of pyridine rings is 1. The molecule has 7 atom stereocenters. The maximum atomic E-state index is 14.9. The fourth-order valence-electron chi connectivity index (χ4n) is 8.68. The Labute approximate surface area is 394 Å². The highest BCUT2D eigenvalue weighted by Crippen LogP contribution is 2.40. The number of nitrogens with one attached hydrogen (secondary N) is 1. The van der Waals surface area contributed by atoms with Gasteiger partial charge in [0.05, 0.1) is 68.9 Å². The molecular formula is C50H74N6O11. The molecule has 3 aromatic rings. The molecule has 370 valence electrons. The van der Waals surface area contributed by atoms with Crippen LogP contribution < -0.4 is 37.7 Å². The first-order valence-corrected chi connectivity index (χ1v) is 23.6. The predicted molar refractivity (Wildman–Crippen MR) is 255 cm³/mol. The van der Waals surface area contributed by atoms with Crippen molar-refractivity contribution in [2.24, 2.45) is 52.5 Å². The minimum atomic E-state index is -1.35. The zero-order valence-corrected chi connectivity index (χ0v) is 40.1. The SMILES string of the molecule is CC[C@H](C)[C@H](N)C(=O)NCc1ncc(C(=O)C(CC(O)C(N)C(C(=O)[C@@H](N)CC(N)=O)C2CCCCC2)C(C)C)c(C(C)=O)c1Oc1ccc(OCCOCCOCCOC)c2ccccc12. The Morgan fingerprint density at radius 1 is 0.866 bits per heavy atom. The summed E-state index contributed by atoms with van der Waals surface area (Å²) in [5.74, 6) is -4.21. The van der Waals surface area contributed by atoms with Crippen molar-refractivity contribution in [1.82, 2.24) is 10.3 Å². The molecule has 0 radical (unpaired) electrons. The zero-order chi connectivity index (χ0) is 49.2. The number of aliphatic hydroxyl groups excluding tert-OH is 1. The Balaban J connectivity index is 1.71. The zero-order valence-electron chi connectivity index (χ0n) is 40.1. The van der Waals surface area contributed by atoms with Crippen LogP contribution in [0.1, 0.15) is 112 Å². The van der Waals surface area contributed by atoms with E-state index in [-0.39, 0.29) is 66.3 Å². The van der Waals surface area contributed by atoms with Crippen LogP contribution in [0.3, 0.4) is 0 Å². The lowest BCUT2D eigenvalue weighted by Gasteiger charge is -2.37. The number of hydrogen-bond acceptors (Lipinski definition) is 15. The van der Waals surface area contributed by atoms with E-state index in [9.17, 15) is 29.1 Å². The highest BCUT2D eigenvalue weighted by atomic mass is 16.6. The van der Waals surface area contributed by atoms with E-state index in [1.54, 1.807) is 19.2 Å². The van der Waals surface area contributed by atoms with Crippen molar-refractivity contribution >= 4 is 39.9 Å². The van der Waals surface area contributed by atoms with Crippen LogP contribution >= 0.6 is 0 Å². The summed E-state index contributed by atoms with van der Waals surface area (Å²) in [6.07, 6.45) is 4.26. The van der Waals surface area contributed by atoms with Gasteiger partial charge in [-0.15, -0.1) is 0 Å². The van der Waals surface area contributed by atoms with E-state index in [1.807, 2.05) is 52.0 Å². The first kappa shape index (κ1) is 54.7. The van der Waals surface area contributed by atoms with Crippen molar-refractivity contribution in [2.75, 3.05) is 46.8 Å². The molecule has 1 aliphatic rings. The molecule has 1 saturated carbocycles. The van der Waals surface area contributed by atoms with Gasteiger partial charge >= 0.3 is 0 Å². The molecule has 0 bridgehead atoms. The molecule has 0 aliphatic heterocycles. The average Bonchev–Trinajstić information content (AvgIpc) is 3.31. The Bertz CT molecular complexity index is 2110. The summed E-state index contributed by atoms with van der Waals surface area (Å²) >= 11 is 0. The molecule has 1 aromatic heterocycles. The van der Waals surface area contributed by atoms with Gasteiger partial charge in [-0.3, -0.25) is 29.0 Å². The largest absolute Gasteiger partial charge is 0.491 e. The summed E-state index contributed by atoms with van der Waals surface area (Å²) in [6.45, 7) is 10.9. The van der Waals surface area contributed by atoms with E-state index in [4.69, 9.17) is 46.6 Å². The maximum absolute atomic E-state index is 14.9. The van der Waals surface area contributed by atoms with Crippen LogP contribution in [0.2, 0.25) is 0 Å². The number of Topliss-reactive ketones (excluding diaryl/α,β-unsaturated/α-hetero) is 3. The number of carbonyl (C=O) groups is 5. The molecule has 2 amide bonds. The van der Waals surface area contributed by atoms with Gasteiger partial charge in [0.25, 0.3) is 0 Å². The monoisotopic (exact) mass is 935 g/mol. The molecule has 10 N–H and O–H groups in total. The van der Waals surface area contributed by atoms with Gasteiger partial charge < -0.3 is 57.0 Å². The predicted octanol–water partition coefficient (Wildman–Crippen LogP) is 4.78. The van der Waals surface area contributed by atoms with E-state index < -0.39 is 65.2 Å². The smallest absolute Gasteiger partial charge is 0.237 e. The van der Waals surface area contributed by atoms with Crippen LogP contribution in [0.5, 0.6) is 17.2 Å². The van der Waals surface area contributed by atoms with Gasteiger partial charge in [-0.05, 0) is 56.1 Å². The van der Waals surface area contributed by atoms with Crippen LogP contribution in [0.25, 0.3) is 10.8 Å². The normalized spacial score (nSPS) is 16.4. The van der Waals surface area contributed by atoms with Gasteiger partial charge in [0, 0.05) is 48.4 Å². The number of ketones is 3. The first-order valence-electron chi connectivity index (χ1n) is 23.6. The standard InChI is InChI=1S/C50H74N6O11/c1-7-30(4)45(53)50(62)56-28-38-49(67-41-18-17-40(33-15-11-12-16-34(33)41)66-24-23-65-22-21-64-20-19-63-6)43(31(5)57)36(27-55-38)47(60)35(29(2)3)25-39(58)46(54)44(32-13-9-8-10-14-32)48(61)37(51)26-42(52)59/h11-12,15-18,27,29-30,32,35,37,39,44-46,58H,7-10,13-14,19-26,28,51,53-54H2,1-6H3,(H2,52,59)(H,56,62)/t30-,35?,37-,39?,44?,45-,46?/m0/s1. The van der Waals surface area contributed by atoms with E-state index in [1.165, 1.54) is 13.1 Å². The molecule has 67 heavy (non-hydrogen) atoms. The number of nitrogens with zero attached hydrogens (tertiary/aromatic N) is 1. The number of nitrogens with two attached hydrogens (primary N) is 4. The van der Waals surface area contributed by atoms with Crippen LogP contribution in [0.4, 0.5) is 0 Å². The van der Waals surface area contributed by atoms with Gasteiger partial charge in [-0.25, -0.2) is 0 Å². The first-order chi connectivity index (χ1) is 32.0. The second kappa shape index (κ2) is 27.2. The quantitative estimate of drug-likeness (QED) is 0.0388. The third-order valence-corrected chi connectivity index (χ3v) is 12.8. The molecule has 4 rings (SSSR count). The fourth-order valence-corrected chi connectivity index (χ4v) is 8.68. The van der Waals surface area contributed by atoms with Gasteiger partial charge in [0.1, 0.15) is 23.8 Å². The molecular weight excluding hydrogens is 861 g/mol. The van der Waals surface area contributed by atoms with Gasteiger partial charge in [-0.1, -0.05) is 77.6 Å². The fraction of sp³-hybridized carbons (Fsp3) is 0.600. The van der Waals surface area contributed by atoms with Crippen LogP contribution in [0, 0.1) is 29.6 Å². The van der Waals surface area contributed by atoms with Gasteiger partial charge in [0.15, 0.2) is 23.1 Å². The number of rotatable bonds is 30. The number of methoxy groups -OCH3 is 1. The number of carbonyl (C=O) groups excluding carboxylic acids is 5. The summed E-state index contributed by atoms with van der Waals surface area (Å²) in [5.41, 5.74) is 24.7. The lowest BCUT2D eigenvalue weighted by molar-refractivity contribution is -0.131. The summed E-state index contributed by atoms with van der Waals surface area (Å²) in [7, 11) is 1.61. The second-order valence-electron chi connectivity index (χ2n) is 18.0. The number of ether oxygens (including phenoxy) is 5. The Kier molecular flexibility index (Phi) is 22.2. The summed E-state index contributed by atoms with van der Waals surface area (Å²) in [4.78, 5) is 72.3. The number of aliphatic hydroxyl groups is 1. The minimum absolute atomic E-state index is 0.0399. The summed E-state index contributed by atoms with van der Waals surface area (Å²) in [6, 6.07) is 7.69. The maximum Gasteiger partial charge on any atom is 0.237 e. The second-order valence-corrected chi connectivity index (χ2v) is 18.0. The molecule has 17 nitrogen and oxygen atoms in total. The number of amides is 2.